The number of carbonyl (C=O) groups is 1. The van der Waals surface area contributed by atoms with Crippen molar-refractivity contribution < 1.29 is 19.2 Å². The Bertz CT molecular complexity index is 776. The van der Waals surface area contributed by atoms with Crippen molar-refractivity contribution in [2.75, 3.05) is 6.61 Å². The van der Waals surface area contributed by atoms with E-state index in [1.54, 1.807) is 18.2 Å². The molecule has 0 aliphatic carbocycles. The third kappa shape index (κ3) is 4.23. The minimum Gasteiger partial charge on any atom is -0.493 e. The van der Waals surface area contributed by atoms with Crippen molar-refractivity contribution in [1.29, 1.82) is 0 Å². The summed E-state index contributed by atoms with van der Waals surface area (Å²) in [6, 6.07) is 9.20. The molecule has 0 radical (unpaired) electrons. The Balaban J connectivity index is 2.29. The molecule has 0 amide bonds. The maximum Gasteiger partial charge on any atom is 0.312 e. The number of benzene rings is 2. The fourth-order valence-corrected chi connectivity index (χ4v) is 2.28. The van der Waals surface area contributed by atoms with Gasteiger partial charge in [-0.25, -0.2) is 0 Å². The lowest BCUT2D eigenvalue weighted by atomic mass is 10.1. The standard InChI is InChI=1S/C17H16ClNO5/c1-3-23-16-6-4-12(11(2)20)8-13(16)10-24-17-7-5-14(18)9-15(17)19(21)22/h4-9H,3,10H2,1-2H3. The van der Waals surface area contributed by atoms with E-state index in [-0.39, 0.29) is 28.8 Å². The van der Waals surface area contributed by atoms with Crippen LogP contribution in [0.2, 0.25) is 5.02 Å². The summed E-state index contributed by atoms with van der Waals surface area (Å²) < 4.78 is 11.1. The monoisotopic (exact) mass is 349 g/mol. The second kappa shape index (κ2) is 7.79. The van der Waals surface area contributed by atoms with E-state index in [4.69, 9.17) is 21.1 Å². The van der Waals surface area contributed by atoms with Gasteiger partial charge in [-0.2, -0.15) is 0 Å². The third-order valence-corrected chi connectivity index (χ3v) is 3.50. The zero-order valence-electron chi connectivity index (χ0n) is 13.2. The predicted octanol–water partition coefficient (Wildman–Crippen LogP) is 4.43. The van der Waals surface area contributed by atoms with Crippen molar-refractivity contribution in [3.63, 3.8) is 0 Å². The van der Waals surface area contributed by atoms with E-state index >= 15 is 0 Å². The first-order valence-corrected chi connectivity index (χ1v) is 7.63. The largest absolute Gasteiger partial charge is 0.493 e. The molecular weight excluding hydrogens is 334 g/mol. The first-order valence-electron chi connectivity index (χ1n) is 7.25. The number of hydrogen-bond donors (Lipinski definition) is 0. The molecule has 0 bridgehead atoms. The zero-order valence-corrected chi connectivity index (χ0v) is 14.0. The van der Waals surface area contributed by atoms with Gasteiger partial charge in [-0.1, -0.05) is 11.6 Å². The van der Waals surface area contributed by atoms with Crippen LogP contribution in [0.5, 0.6) is 11.5 Å². The van der Waals surface area contributed by atoms with Gasteiger partial charge in [0.25, 0.3) is 0 Å². The topological polar surface area (TPSA) is 78.7 Å². The number of nitro groups is 1. The van der Waals surface area contributed by atoms with E-state index in [0.717, 1.165) is 0 Å². The zero-order chi connectivity index (χ0) is 17.7. The van der Waals surface area contributed by atoms with Crippen molar-refractivity contribution in [3.8, 4) is 11.5 Å². The highest BCUT2D eigenvalue weighted by Crippen LogP contribution is 2.31. The molecule has 24 heavy (non-hydrogen) atoms. The Kier molecular flexibility index (Phi) is 5.76. The lowest BCUT2D eigenvalue weighted by Crippen LogP contribution is -2.04. The average Bonchev–Trinajstić information content (AvgIpc) is 2.54. The molecule has 0 saturated heterocycles. The molecule has 2 aromatic rings. The number of nitro benzene ring substituents is 1. The summed E-state index contributed by atoms with van der Waals surface area (Å²) >= 11 is 5.78. The van der Waals surface area contributed by atoms with E-state index in [1.807, 2.05) is 6.92 Å². The molecule has 0 fully saturated rings. The number of rotatable bonds is 7. The second-order valence-electron chi connectivity index (χ2n) is 4.97. The van der Waals surface area contributed by atoms with Gasteiger partial charge in [-0.05, 0) is 44.2 Å². The van der Waals surface area contributed by atoms with Crippen molar-refractivity contribution in [1.82, 2.24) is 0 Å². The minimum absolute atomic E-state index is 0.0267. The van der Waals surface area contributed by atoms with Gasteiger partial charge in [-0.15, -0.1) is 0 Å². The van der Waals surface area contributed by atoms with Crippen LogP contribution in [0, 0.1) is 10.1 Å². The summed E-state index contributed by atoms with van der Waals surface area (Å²) in [5.41, 5.74) is 0.930. The van der Waals surface area contributed by atoms with E-state index < -0.39 is 4.92 Å². The Morgan fingerprint density at radius 1 is 1.17 bits per heavy atom. The van der Waals surface area contributed by atoms with Crippen molar-refractivity contribution in [3.05, 3.63) is 62.7 Å². The van der Waals surface area contributed by atoms with E-state index in [9.17, 15) is 14.9 Å². The van der Waals surface area contributed by atoms with Crippen LogP contribution in [0.3, 0.4) is 0 Å². The van der Waals surface area contributed by atoms with Gasteiger partial charge in [0.1, 0.15) is 12.4 Å². The Labute approximate surface area is 144 Å². The predicted molar refractivity (Wildman–Crippen MR) is 90.1 cm³/mol. The lowest BCUT2D eigenvalue weighted by Gasteiger charge is -2.13. The first kappa shape index (κ1) is 17.7. The molecule has 6 nitrogen and oxygen atoms in total. The molecule has 0 heterocycles. The van der Waals surface area contributed by atoms with Gasteiger partial charge in [-0.3, -0.25) is 14.9 Å². The highest BCUT2D eigenvalue weighted by atomic mass is 35.5. The molecule has 0 unspecified atom stereocenters. The van der Waals surface area contributed by atoms with Gasteiger partial charge < -0.3 is 9.47 Å². The molecule has 0 atom stereocenters. The maximum absolute atomic E-state index is 11.5. The Hall–Kier alpha value is -2.60. The van der Waals surface area contributed by atoms with Crippen molar-refractivity contribution >= 4 is 23.1 Å². The fourth-order valence-electron chi connectivity index (χ4n) is 2.12. The summed E-state index contributed by atoms with van der Waals surface area (Å²) in [6.07, 6.45) is 0. The molecule has 2 rings (SSSR count). The van der Waals surface area contributed by atoms with E-state index in [0.29, 0.717) is 23.5 Å². The highest BCUT2D eigenvalue weighted by molar-refractivity contribution is 6.30. The SMILES string of the molecule is CCOc1ccc(C(C)=O)cc1COc1ccc(Cl)cc1[N+](=O)[O-]. The molecule has 126 valence electrons. The molecule has 7 heteroatoms. The summed E-state index contributed by atoms with van der Waals surface area (Å²) in [5.74, 6) is 0.580. The highest BCUT2D eigenvalue weighted by Gasteiger charge is 2.17. The average molecular weight is 350 g/mol. The van der Waals surface area contributed by atoms with Crippen LogP contribution in [0.4, 0.5) is 5.69 Å². The first-order chi connectivity index (χ1) is 11.4. The second-order valence-corrected chi connectivity index (χ2v) is 5.41. The molecular formula is C17H16ClNO5. The molecule has 0 saturated carbocycles. The number of halogens is 1. The molecule has 0 N–H and O–H groups in total. The molecule has 0 aliphatic rings. The van der Waals surface area contributed by atoms with E-state index in [1.165, 1.54) is 25.1 Å². The van der Waals surface area contributed by atoms with Crippen LogP contribution in [0.15, 0.2) is 36.4 Å². The molecule has 0 aromatic heterocycles. The molecule has 2 aromatic carbocycles. The van der Waals surface area contributed by atoms with Crippen molar-refractivity contribution in [2.45, 2.75) is 20.5 Å². The quantitative estimate of drug-likeness (QED) is 0.419. The molecule has 0 spiro atoms. The third-order valence-electron chi connectivity index (χ3n) is 3.27. The fraction of sp³-hybridized carbons (Fsp3) is 0.235. The summed E-state index contributed by atoms with van der Waals surface area (Å²) in [4.78, 5) is 22.1. The summed E-state index contributed by atoms with van der Waals surface area (Å²) in [5, 5.41) is 11.3. The van der Waals surface area contributed by atoms with Gasteiger partial charge in [0.15, 0.2) is 11.5 Å². The Morgan fingerprint density at radius 2 is 1.88 bits per heavy atom. The van der Waals surface area contributed by atoms with Crippen LogP contribution in [0.25, 0.3) is 0 Å². The number of carbonyl (C=O) groups excluding carboxylic acids is 1. The smallest absolute Gasteiger partial charge is 0.312 e. The van der Waals surface area contributed by atoms with Crippen LogP contribution in [0.1, 0.15) is 29.8 Å². The summed E-state index contributed by atoms with van der Waals surface area (Å²) in [6.45, 7) is 3.78. The number of nitrogens with zero attached hydrogens (tertiary/aromatic N) is 1. The molecule has 0 aliphatic heterocycles. The van der Waals surface area contributed by atoms with Gasteiger partial charge in [0.05, 0.1) is 11.5 Å². The van der Waals surface area contributed by atoms with Crippen LogP contribution in [-0.4, -0.2) is 17.3 Å². The van der Waals surface area contributed by atoms with Gasteiger partial charge >= 0.3 is 5.69 Å². The normalized spacial score (nSPS) is 10.3. The van der Waals surface area contributed by atoms with Crippen molar-refractivity contribution in [2.24, 2.45) is 0 Å². The summed E-state index contributed by atoms with van der Waals surface area (Å²) in [7, 11) is 0. The lowest BCUT2D eigenvalue weighted by molar-refractivity contribution is -0.385. The Morgan fingerprint density at radius 3 is 2.50 bits per heavy atom. The minimum atomic E-state index is -0.559. The number of ketones is 1. The number of ether oxygens (including phenoxy) is 2. The van der Waals surface area contributed by atoms with Gasteiger partial charge in [0, 0.05) is 22.2 Å². The van der Waals surface area contributed by atoms with Crippen LogP contribution >= 0.6 is 11.6 Å². The maximum atomic E-state index is 11.5. The number of Topliss-reactive ketones (excluding diaryl/α,β-unsaturated/α-hetero) is 1. The van der Waals surface area contributed by atoms with E-state index in [2.05, 4.69) is 0 Å². The van der Waals surface area contributed by atoms with Crippen LogP contribution < -0.4 is 9.47 Å². The van der Waals surface area contributed by atoms with Crippen LogP contribution in [-0.2, 0) is 6.61 Å². The van der Waals surface area contributed by atoms with Gasteiger partial charge in [0.2, 0.25) is 0 Å². The number of hydrogen-bond acceptors (Lipinski definition) is 5.